The quantitative estimate of drug-likeness (QED) is 0.505. The summed E-state index contributed by atoms with van der Waals surface area (Å²) in [5.74, 6) is 1.46. The zero-order chi connectivity index (χ0) is 21.6. The number of benzene rings is 1. The summed E-state index contributed by atoms with van der Waals surface area (Å²) in [6, 6.07) is 10.6. The lowest BCUT2D eigenvalue weighted by Crippen LogP contribution is -2.41. The second-order valence-electron chi connectivity index (χ2n) is 8.25. The van der Waals surface area contributed by atoms with Crippen LogP contribution in [0.1, 0.15) is 24.0 Å². The van der Waals surface area contributed by atoms with Crippen LogP contribution >= 0.6 is 39.3 Å². The van der Waals surface area contributed by atoms with Gasteiger partial charge >= 0.3 is 0 Å². The van der Waals surface area contributed by atoms with E-state index in [1.165, 1.54) is 35.7 Å². The Hall–Kier alpha value is -2.03. The molecule has 9 heteroatoms. The van der Waals surface area contributed by atoms with Gasteiger partial charge < -0.3 is 16.4 Å². The Bertz CT molecular complexity index is 1120. The Kier molecular flexibility index (Phi) is 5.48. The molecule has 1 saturated heterocycles. The van der Waals surface area contributed by atoms with Crippen molar-refractivity contribution in [1.82, 2.24) is 15.0 Å². The zero-order valence-corrected chi connectivity index (χ0v) is 20.0. The number of anilines is 3. The van der Waals surface area contributed by atoms with Crippen molar-refractivity contribution in [2.75, 3.05) is 29.5 Å². The van der Waals surface area contributed by atoms with E-state index in [-0.39, 0.29) is 5.82 Å². The average Bonchev–Trinajstić information content (AvgIpc) is 3.12. The first-order valence-corrected chi connectivity index (χ1v) is 12.2. The number of rotatable bonds is 3. The van der Waals surface area contributed by atoms with Crippen molar-refractivity contribution in [1.29, 1.82) is 0 Å². The highest BCUT2D eigenvalue weighted by molar-refractivity contribution is 9.10. The molecule has 3 aromatic rings. The van der Waals surface area contributed by atoms with Gasteiger partial charge in [0.1, 0.15) is 15.4 Å². The molecule has 1 aliphatic heterocycles. The summed E-state index contributed by atoms with van der Waals surface area (Å²) in [7, 11) is 0. The van der Waals surface area contributed by atoms with Gasteiger partial charge in [-0.2, -0.15) is 0 Å². The van der Waals surface area contributed by atoms with E-state index in [9.17, 15) is 0 Å². The molecule has 2 aromatic heterocycles. The van der Waals surface area contributed by atoms with Gasteiger partial charge in [-0.25, -0.2) is 15.0 Å². The molecule has 1 fully saturated rings. The predicted molar refractivity (Wildman–Crippen MR) is 130 cm³/mol. The van der Waals surface area contributed by atoms with E-state index in [4.69, 9.17) is 23.1 Å². The van der Waals surface area contributed by atoms with Crippen LogP contribution in [0.25, 0.3) is 0 Å². The number of halogens is 2. The number of aromatic nitrogens is 3. The van der Waals surface area contributed by atoms with Crippen LogP contribution < -0.4 is 16.4 Å². The first-order valence-electron chi connectivity index (χ1n) is 10.2. The van der Waals surface area contributed by atoms with Gasteiger partial charge in [0.05, 0.1) is 5.02 Å². The zero-order valence-electron chi connectivity index (χ0n) is 16.8. The largest absolute Gasteiger partial charge is 0.382 e. The average molecular weight is 518 g/mol. The summed E-state index contributed by atoms with van der Waals surface area (Å²) in [6.45, 7) is 1.89. The number of pyridine rings is 1. The predicted octanol–water partition coefficient (Wildman–Crippen LogP) is 4.99. The van der Waals surface area contributed by atoms with Crippen molar-refractivity contribution in [3.05, 3.63) is 57.3 Å². The normalized spacial score (nSPS) is 17.2. The molecule has 1 aliphatic carbocycles. The number of fused-ring (bicyclic) bond motifs is 1. The van der Waals surface area contributed by atoms with Crippen LogP contribution in [0.3, 0.4) is 0 Å². The van der Waals surface area contributed by atoms with Crippen LogP contribution in [-0.4, -0.2) is 28.0 Å². The maximum absolute atomic E-state index is 6.27. The van der Waals surface area contributed by atoms with Gasteiger partial charge in [0.2, 0.25) is 0 Å². The number of nitrogens with zero attached hydrogens (tertiary/aromatic N) is 4. The fourth-order valence-electron chi connectivity index (χ4n) is 4.62. The molecule has 0 radical (unpaired) electrons. The molecule has 31 heavy (non-hydrogen) atoms. The van der Waals surface area contributed by atoms with Crippen molar-refractivity contribution in [3.63, 3.8) is 0 Å². The van der Waals surface area contributed by atoms with Crippen LogP contribution in [0.15, 0.2) is 51.1 Å². The maximum Gasteiger partial charge on any atom is 0.164 e. The number of nitrogens with two attached hydrogens (primary N) is 2. The Labute approximate surface area is 198 Å². The van der Waals surface area contributed by atoms with Crippen molar-refractivity contribution in [3.8, 4) is 0 Å². The van der Waals surface area contributed by atoms with Crippen molar-refractivity contribution in [2.45, 2.75) is 35.6 Å². The smallest absolute Gasteiger partial charge is 0.164 e. The molecule has 2 aliphatic rings. The van der Waals surface area contributed by atoms with E-state index in [1.54, 1.807) is 12.3 Å². The Morgan fingerprint density at radius 1 is 1.00 bits per heavy atom. The van der Waals surface area contributed by atoms with E-state index in [0.29, 0.717) is 25.9 Å². The molecule has 3 heterocycles. The Morgan fingerprint density at radius 3 is 2.35 bits per heavy atom. The van der Waals surface area contributed by atoms with Gasteiger partial charge in [0.15, 0.2) is 11.6 Å². The minimum Gasteiger partial charge on any atom is -0.382 e. The van der Waals surface area contributed by atoms with Gasteiger partial charge in [-0.15, -0.1) is 0 Å². The number of hydrogen-bond donors (Lipinski definition) is 2. The minimum absolute atomic E-state index is 0.283. The third-order valence-electron chi connectivity index (χ3n) is 6.29. The summed E-state index contributed by atoms with van der Waals surface area (Å²) in [4.78, 5) is 16.4. The van der Waals surface area contributed by atoms with Crippen LogP contribution in [-0.2, 0) is 12.8 Å². The summed E-state index contributed by atoms with van der Waals surface area (Å²) in [6.07, 6.45) is 6.24. The molecular weight excluding hydrogens is 496 g/mol. The molecule has 1 aromatic carbocycles. The van der Waals surface area contributed by atoms with E-state index in [1.807, 2.05) is 0 Å². The lowest BCUT2D eigenvalue weighted by atomic mass is 9.76. The molecule has 4 N–H and O–H groups in total. The van der Waals surface area contributed by atoms with Gasteiger partial charge in [-0.3, -0.25) is 0 Å². The molecule has 6 nitrogen and oxygen atoms in total. The fourth-order valence-corrected chi connectivity index (χ4v) is 6.30. The maximum atomic E-state index is 6.27. The topological polar surface area (TPSA) is 94.0 Å². The highest BCUT2D eigenvalue weighted by atomic mass is 79.9. The first-order chi connectivity index (χ1) is 14.9. The summed E-state index contributed by atoms with van der Waals surface area (Å²) in [5, 5.41) is 0.982. The molecule has 0 unspecified atom stereocenters. The number of nitrogen functional groups attached to an aromatic ring is 2. The van der Waals surface area contributed by atoms with Crippen LogP contribution in [0.4, 0.5) is 17.5 Å². The molecule has 0 bridgehead atoms. The van der Waals surface area contributed by atoms with Crippen LogP contribution in [0.2, 0.25) is 5.02 Å². The lowest BCUT2D eigenvalue weighted by molar-refractivity contribution is 0.232. The SMILES string of the molecule is Nc1nc(N2CCC3(CC2)Cc2ccccc2C3)c(Br)nc1Sc1ccnc(N)c1Cl. The van der Waals surface area contributed by atoms with Gasteiger partial charge in [0, 0.05) is 24.2 Å². The highest BCUT2D eigenvalue weighted by Gasteiger charge is 2.40. The third kappa shape index (κ3) is 3.97. The standard InChI is InChI=1S/C22H22BrClN6S/c23-17-20(29-19(26)21(28-17)31-15-5-8-27-18(25)16(15)24)30-9-6-22(7-10-30)11-13-3-1-2-4-14(13)12-22/h1-5,8H,6-7,9-12H2,(H2,25,27)(H2,26,29). The monoisotopic (exact) mass is 516 g/mol. The van der Waals surface area contributed by atoms with Gasteiger partial charge in [0.25, 0.3) is 0 Å². The lowest BCUT2D eigenvalue weighted by Gasteiger charge is -2.40. The fraction of sp³-hybridized carbons (Fsp3) is 0.318. The summed E-state index contributed by atoms with van der Waals surface area (Å²) < 4.78 is 0.688. The molecule has 0 saturated carbocycles. The second-order valence-corrected chi connectivity index (χ2v) is 10.4. The molecular formula is C22H22BrClN6S. The van der Waals surface area contributed by atoms with Crippen LogP contribution in [0.5, 0.6) is 0 Å². The molecule has 5 rings (SSSR count). The van der Waals surface area contributed by atoms with E-state index < -0.39 is 0 Å². The Morgan fingerprint density at radius 2 is 1.68 bits per heavy atom. The first kappa shape index (κ1) is 20.8. The summed E-state index contributed by atoms with van der Waals surface area (Å²) >= 11 is 11.2. The van der Waals surface area contributed by atoms with Crippen LogP contribution in [0, 0.1) is 5.41 Å². The molecule has 0 amide bonds. The number of piperidine rings is 1. The van der Waals surface area contributed by atoms with Crippen molar-refractivity contribution >= 4 is 56.7 Å². The third-order valence-corrected chi connectivity index (χ3v) is 8.39. The Balaban J connectivity index is 1.32. The van der Waals surface area contributed by atoms with Gasteiger partial charge in [-0.1, -0.05) is 47.6 Å². The van der Waals surface area contributed by atoms with E-state index in [0.717, 1.165) is 36.6 Å². The molecule has 1 spiro atoms. The minimum atomic E-state index is 0.283. The number of hydrogen-bond acceptors (Lipinski definition) is 7. The van der Waals surface area contributed by atoms with E-state index >= 15 is 0 Å². The molecule has 0 atom stereocenters. The van der Waals surface area contributed by atoms with Crippen molar-refractivity contribution in [2.24, 2.45) is 5.41 Å². The second kappa shape index (κ2) is 8.15. The molecule has 160 valence electrons. The van der Waals surface area contributed by atoms with Gasteiger partial charge in [-0.05, 0) is 64.2 Å². The highest BCUT2D eigenvalue weighted by Crippen LogP contribution is 2.46. The van der Waals surface area contributed by atoms with Crippen molar-refractivity contribution < 1.29 is 0 Å². The summed E-state index contributed by atoms with van der Waals surface area (Å²) in [5.41, 5.74) is 15.5. The van der Waals surface area contributed by atoms with E-state index in [2.05, 4.69) is 60.0 Å².